The molecule has 0 atom stereocenters. The number of fused-ring (bicyclic) bond motifs is 1. The Hall–Kier alpha value is -2.53. The van der Waals surface area contributed by atoms with Gasteiger partial charge in [0.05, 0.1) is 17.5 Å². The lowest BCUT2D eigenvalue weighted by Crippen LogP contribution is -2.13. The van der Waals surface area contributed by atoms with Crippen LogP contribution in [0.4, 0.5) is 4.39 Å². The number of hydrogen-bond acceptors (Lipinski definition) is 3. The number of nitrogens with zero attached hydrogens (tertiary/aromatic N) is 1. The highest BCUT2D eigenvalue weighted by molar-refractivity contribution is 5.77. The van der Waals surface area contributed by atoms with Gasteiger partial charge in [0.25, 0.3) is 5.56 Å². The molecule has 1 N–H and O–H groups in total. The number of aromatic nitrogens is 2. The van der Waals surface area contributed by atoms with E-state index in [4.69, 9.17) is 4.74 Å². The van der Waals surface area contributed by atoms with E-state index in [1.165, 1.54) is 18.2 Å². The van der Waals surface area contributed by atoms with Gasteiger partial charge in [-0.05, 0) is 17.7 Å². The molecule has 2 aromatic carbocycles. The Morgan fingerprint density at radius 1 is 1.10 bits per heavy atom. The average molecular weight is 284 g/mol. The highest BCUT2D eigenvalue weighted by atomic mass is 19.1. The number of halogens is 1. The van der Waals surface area contributed by atoms with Crippen LogP contribution < -0.4 is 5.56 Å². The number of aromatic amines is 1. The van der Waals surface area contributed by atoms with Gasteiger partial charge in [-0.2, -0.15) is 0 Å². The van der Waals surface area contributed by atoms with Crippen LogP contribution in [-0.2, 0) is 18.0 Å². The third-order valence-corrected chi connectivity index (χ3v) is 3.07. The summed E-state index contributed by atoms with van der Waals surface area (Å²) < 4.78 is 18.7. The Balaban J connectivity index is 1.77. The van der Waals surface area contributed by atoms with E-state index >= 15 is 0 Å². The van der Waals surface area contributed by atoms with Crippen LogP contribution in [0.5, 0.6) is 0 Å². The van der Waals surface area contributed by atoms with Gasteiger partial charge in [-0.15, -0.1) is 0 Å². The first kappa shape index (κ1) is 13.5. The summed E-state index contributed by atoms with van der Waals surface area (Å²) in [4.78, 5) is 18.7. The molecule has 3 aromatic rings. The first-order valence-electron chi connectivity index (χ1n) is 6.52. The highest BCUT2D eigenvalue weighted by Crippen LogP contribution is 2.10. The van der Waals surface area contributed by atoms with Crippen LogP contribution in [-0.4, -0.2) is 9.97 Å². The van der Waals surface area contributed by atoms with Gasteiger partial charge in [0.2, 0.25) is 0 Å². The number of benzene rings is 2. The molecule has 0 unspecified atom stereocenters. The lowest BCUT2D eigenvalue weighted by atomic mass is 10.2. The van der Waals surface area contributed by atoms with Crippen molar-refractivity contribution in [2.24, 2.45) is 0 Å². The first-order valence-corrected chi connectivity index (χ1v) is 6.52. The van der Waals surface area contributed by atoms with Crippen molar-refractivity contribution in [3.8, 4) is 0 Å². The maximum Gasteiger partial charge on any atom is 0.258 e. The van der Waals surface area contributed by atoms with Crippen LogP contribution >= 0.6 is 0 Å². The van der Waals surface area contributed by atoms with Crippen LogP contribution in [0.25, 0.3) is 10.9 Å². The summed E-state index contributed by atoms with van der Waals surface area (Å²) in [6.45, 7) is 0.586. The number of H-pyrrole nitrogens is 1. The van der Waals surface area contributed by atoms with Crippen LogP contribution in [0.15, 0.2) is 53.3 Å². The molecule has 0 saturated carbocycles. The van der Waals surface area contributed by atoms with Crippen LogP contribution in [0.1, 0.15) is 11.4 Å². The summed E-state index contributed by atoms with van der Waals surface area (Å²) in [6, 6.07) is 13.6. The van der Waals surface area contributed by atoms with Crippen molar-refractivity contribution < 1.29 is 9.13 Å². The van der Waals surface area contributed by atoms with Crippen molar-refractivity contribution in [1.82, 2.24) is 9.97 Å². The van der Waals surface area contributed by atoms with Crippen LogP contribution in [0, 0.1) is 5.82 Å². The summed E-state index contributed by atoms with van der Waals surface area (Å²) in [5, 5.41) is 0.364. The van der Waals surface area contributed by atoms with Gasteiger partial charge in [0.1, 0.15) is 18.2 Å². The minimum absolute atomic E-state index is 0.163. The maximum absolute atomic E-state index is 13.2. The Morgan fingerprint density at radius 2 is 1.90 bits per heavy atom. The van der Waals surface area contributed by atoms with E-state index in [-0.39, 0.29) is 12.2 Å². The van der Waals surface area contributed by atoms with Gasteiger partial charge in [-0.1, -0.05) is 30.3 Å². The molecule has 5 heteroatoms. The molecule has 0 aliphatic heterocycles. The Morgan fingerprint density at radius 3 is 2.71 bits per heavy atom. The second kappa shape index (κ2) is 5.85. The fourth-order valence-electron chi connectivity index (χ4n) is 2.07. The number of nitrogens with one attached hydrogen (secondary N) is 1. The largest absolute Gasteiger partial charge is 0.369 e. The molecule has 106 valence electrons. The number of hydrogen-bond donors (Lipinski definition) is 1. The topological polar surface area (TPSA) is 55.0 Å². The van der Waals surface area contributed by atoms with Gasteiger partial charge in [-0.25, -0.2) is 9.37 Å². The normalized spacial score (nSPS) is 10.9. The van der Waals surface area contributed by atoms with E-state index in [0.29, 0.717) is 23.3 Å². The molecular weight excluding hydrogens is 271 g/mol. The molecule has 0 bridgehead atoms. The third-order valence-electron chi connectivity index (χ3n) is 3.07. The fourth-order valence-corrected chi connectivity index (χ4v) is 2.07. The molecule has 21 heavy (non-hydrogen) atoms. The standard InChI is InChI=1S/C16H13FN2O2/c17-12-6-7-13-14(8-12)18-15(19-16(13)20)10-21-9-11-4-2-1-3-5-11/h1-8H,9-10H2,(H,18,19,20). The summed E-state index contributed by atoms with van der Waals surface area (Å²) >= 11 is 0. The molecule has 0 aliphatic rings. The number of rotatable bonds is 4. The van der Waals surface area contributed by atoms with E-state index in [2.05, 4.69) is 9.97 Å². The van der Waals surface area contributed by atoms with E-state index < -0.39 is 5.82 Å². The number of ether oxygens (including phenoxy) is 1. The van der Waals surface area contributed by atoms with Crippen molar-refractivity contribution in [3.63, 3.8) is 0 Å². The predicted molar refractivity (Wildman–Crippen MR) is 77.3 cm³/mol. The van der Waals surface area contributed by atoms with Gasteiger partial charge in [-0.3, -0.25) is 4.79 Å². The minimum atomic E-state index is -0.420. The SMILES string of the molecule is O=c1[nH]c(COCc2ccccc2)nc2cc(F)ccc12. The molecule has 0 saturated heterocycles. The monoisotopic (exact) mass is 284 g/mol. The smallest absolute Gasteiger partial charge is 0.258 e. The second-order valence-electron chi connectivity index (χ2n) is 4.65. The van der Waals surface area contributed by atoms with Gasteiger partial charge < -0.3 is 9.72 Å². The molecule has 1 heterocycles. The molecule has 3 rings (SSSR count). The van der Waals surface area contributed by atoms with Crippen LogP contribution in [0.2, 0.25) is 0 Å². The summed E-state index contributed by atoms with van der Waals surface area (Å²) in [5.41, 5.74) is 1.07. The average Bonchev–Trinajstić information content (AvgIpc) is 2.48. The first-order chi connectivity index (χ1) is 10.2. The maximum atomic E-state index is 13.2. The second-order valence-corrected chi connectivity index (χ2v) is 4.65. The summed E-state index contributed by atoms with van der Waals surface area (Å²) in [7, 11) is 0. The van der Waals surface area contributed by atoms with Gasteiger partial charge in [0.15, 0.2) is 0 Å². The molecule has 1 aromatic heterocycles. The Labute approximate surface area is 120 Å². The Kier molecular flexibility index (Phi) is 3.75. The Bertz CT molecular complexity index is 815. The molecule has 4 nitrogen and oxygen atoms in total. The zero-order valence-corrected chi connectivity index (χ0v) is 11.2. The lowest BCUT2D eigenvalue weighted by molar-refractivity contribution is 0.102. The van der Waals surface area contributed by atoms with Crippen molar-refractivity contribution >= 4 is 10.9 Å². The minimum Gasteiger partial charge on any atom is -0.369 e. The molecule has 0 amide bonds. The van der Waals surface area contributed by atoms with Crippen LogP contribution in [0.3, 0.4) is 0 Å². The summed E-state index contributed by atoms with van der Waals surface area (Å²) in [5.74, 6) is -0.0363. The van der Waals surface area contributed by atoms with Gasteiger partial charge in [0, 0.05) is 6.07 Å². The van der Waals surface area contributed by atoms with Crippen molar-refractivity contribution in [2.45, 2.75) is 13.2 Å². The van der Waals surface area contributed by atoms with Crippen molar-refractivity contribution in [3.05, 3.63) is 76.1 Å². The van der Waals surface area contributed by atoms with E-state index in [1.54, 1.807) is 0 Å². The summed E-state index contributed by atoms with van der Waals surface area (Å²) in [6.07, 6.45) is 0. The zero-order valence-electron chi connectivity index (χ0n) is 11.2. The fraction of sp³-hybridized carbons (Fsp3) is 0.125. The molecule has 0 aliphatic carbocycles. The highest BCUT2D eigenvalue weighted by Gasteiger charge is 2.05. The quantitative estimate of drug-likeness (QED) is 0.801. The lowest BCUT2D eigenvalue weighted by Gasteiger charge is -2.05. The molecule has 0 radical (unpaired) electrons. The van der Waals surface area contributed by atoms with E-state index in [9.17, 15) is 9.18 Å². The zero-order chi connectivity index (χ0) is 14.7. The van der Waals surface area contributed by atoms with E-state index in [1.807, 2.05) is 30.3 Å². The van der Waals surface area contributed by atoms with E-state index in [0.717, 1.165) is 5.56 Å². The molecule has 0 fully saturated rings. The molecule has 0 spiro atoms. The predicted octanol–water partition coefficient (Wildman–Crippen LogP) is 2.78. The van der Waals surface area contributed by atoms with Crippen molar-refractivity contribution in [1.29, 1.82) is 0 Å². The molecular formula is C16H13FN2O2. The third kappa shape index (κ3) is 3.14. The van der Waals surface area contributed by atoms with Gasteiger partial charge >= 0.3 is 0 Å². The van der Waals surface area contributed by atoms with Crippen molar-refractivity contribution in [2.75, 3.05) is 0 Å².